The van der Waals surface area contributed by atoms with Gasteiger partial charge in [-0.3, -0.25) is 9.69 Å². The minimum Gasteiger partial charge on any atom is -0.463 e. The maximum Gasteiger partial charge on any atom is 0.373 e. The van der Waals surface area contributed by atoms with E-state index in [1.807, 2.05) is 6.92 Å². The number of benzene rings is 2. The third kappa shape index (κ3) is 5.42. The number of methoxy groups -OCH3 is 1. The van der Waals surface area contributed by atoms with E-state index >= 15 is 0 Å². The highest BCUT2D eigenvalue weighted by atomic mass is 79.9. The molecular weight excluding hydrogens is 600 g/mol. The lowest BCUT2D eigenvalue weighted by Crippen LogP contribution is -2.30. The van der Waals surface area contributed by atoms with Crippen molar-refractivity contribution in [2.45, 2.75) is 13.5 Å². The van der Waals surface area contributed by atoms with Gasteiger partial charge < -0.3 is 19.2 Å². The third-order valence-electron chi connectivity index (χ3n) is 5.14. The molecule has 1 aromatic heterocycles. The molecule has 4 rings (SSSR count). The second-order valence-electron chi connectivity index (χ2n) is 7.70. The summed E-state index contributed by atoms with van der Waals surface area (Å²) in [6.07, 6.45) is 1.41. The highest BCUT2D eigenvalue weighted by Crippen LogP contribution is 2.35. The van der Waals surface area contributed by atoms with E-state index < -0.39 is 23.9 Å². The zero-order chi connectivity index (χ0) is 26.0. The molecule has 1 aliphatic rings. The standard InChI is InChI=1S/C25H18Br2N2O7/c1-13-3-5-14(6-4-13)23(31)36-21-15(9-16(26)11-18(21)27)10-19-22(30)29(25(33)28-19)12-17-7-8-20(35-17)24(32)34-2/h3-11H,12H2,1-2H3,(H,28,33)/b19-10+. The van der Waals surface area contributed by atoms with E-state index in [2.05, 4.69) is 41.9 Å². The first kappa shape index (κ1) is 25.4. The van der Waals surface area contributed by atoms with Gasteiger partial charge in [0.05, 0.1) is 23.7 Å². The van der Waals surface area contributed by atoms with Crippen LogP contribution in [0.1, 0.15) is 37.8 Å². The van der Waals surface area contributed by atoms with Crippen molar-refractivity contribution in [2.24, 2.45) is 0 Å². The van der Waals surface area contributed by atoms with Gasteiger partial charge in [0.2, 0.25) is 5.76 Å². The number of carbonyl (C=O) groups excluding carboxylic acids is 4. The maximum atomic E-state index is 13.0. The molecule has 1 fully saturated rings. The highest BCUT2D eigenvalue weighted by Gasteiger charge is 2.35. The Bertz CT molecular complexity index is 1410. The molecule has 2 heterocycles. The maximum absolute atomic E-state index is 13.0. The van der Waals surface area contributed by atoms with E-state index in [0.29, 0.717) is 20.1 Å². The van der Waals surface area contributed by atoms with Gasteiger partial charge in [0.25, 0.3) is 5.91 Å². The smallest absolute Gasteiger partial charge is 0.373 e. The van der Waals surface area contributed by atoms with Crippen LogP contribution in [0.25, 0.3) is 6.08 Å². The topological polar surface area (TPSA) is 115 Å². The Morgan fingerprint density at radius 2 is 1.78 bits per heavy atom. The summed E-state index contributed by atoms with van der Waals surface area (Å²) >= 11 is 6.78. The molecule has 0 saturated carbocycles. The normalized spacial score (nSPS) is 14.2. The van der Waals surface area contributed by atoms with Gasteiger partial charge in [-0.2, -0.15) is 0 Å². The summed E-state index contributed by atoms with van der Waals surface area (Å²) in [5.41, 5.74) is 1.69. The first-order valence-corrected chi connectivity index (χ1v) is 12.0. The molecule has 0 aliphatic carbocycles. The predicted molar refractivity (Wildman–Crippen MR) is 135 cm³/mol. The lowest BCUT2D eigenvalue weighted by atomic mass is 10.1. The molecule has 1 saturated heterocycles. The molecule has 184 valence electrons. The van der Waals surface area contributed by atoms with Gasteiger partial charge in [-0.25, -0.2) is 14.4 Å². The molecule has 1 N–H and O–H groups in total. The number of hydrogen-bond acceptors (Lipinski definition) is 7. The van der Waals surface area contributed by atoms with Crippen LogP contribution in [-0.2, 0) is 16.1 Å². The summed E-state index contributed by atoms with van der Waals surface area (Å²) < 4.78 is 16.7. The fourth-order valence-electron chi connectivity index (χ4n) is 3.34. The van der Waals surface area contributed by atoms with Crippen molar-refractivity contribution >= 4 is 61.8 Å². The summed E-state index contributed by atoms with van der Waals surface area (Å²) in [5, 5.41) is 2.51. The number of urea groups is 1. The third-order valence-corrected chi connectivity index (χ3v) is 6.19. The molecule has 3 aromatic rings. The number of halogens is 2. The van der Waals surface area contributed by atoms with Crippen LogP contribution in [0.5, 0.6) is 5.75 Å². The Hall–Kier alpha value is -3.70. The lowest BCUT2D eigenvalue weighted by molar-refractivity contribution is -0.123. The van der Waals surface area contributed by atoms with Gasteiger partial charge >= 0.3 is 18.0 Å². The van der Waals surface area contributed by atoms with Crippen molar-refractivity contribution in [3.05, 3.63) is 91.4 Å². The number of rotatable bonds is 6. The van der Waals surface area contributed by atoms with Crippen LogP contribution in [0, 0.1) is 6.92 Å². The molecule has 0 bridgehead atoms. The summed E-state index contributed by atoms with van der Waals surface area (Å²) in [6, 6.07) is 12.4. The van der Waals surface area contributed by atoms with E-state index in [-0.39, 0.29) is 29.5 Å². The van der Waals surface area contributed by atoms with E-state index in [9.17, 15) is 19.2 Å². The molecule has 0 spiro atoms. The van der Waals surface area contributed by atoms with Crippen LogP contribution in [0.15, 0.2) is 67.6 Å². The van der Waals surface area contributed by atoms with Crippen LogP contribution in [-0.4, -0.2) is 35.9 Å². The molecule has 9 nitrogen and oxygen atoms in total. The lowest BCUT2D eigenvalue weighted by Gasteiger charge is -2.12. The summed E-state index contributed by atoms with van der Waals surface area (Å²) in [4.78, 5) is 50.7. The fraction of sp³-hybridized carbons (Fsp3) is 0.120. The zero-order valence-electron chi connectivity index (χ0n) is 19.0. The van der Waals surface area contributed by atoms with E-state index in [1.54, 1.807) is 36.4 Å². The van der Waals surface area contributed by atoms with Crippen molar-refractivity contribution in [3.8, 4) is 5.75 Å². The SMILES string of the molecule is COC(=O)c1ccc(CN2C(=O)N/C(=C/c3cc(Br)cc(Br)c3OC(=O)c3ccc(C)cc3)C2=O)o1. The van der Waals surface area contributed by atoms with Crippen LogP contribution < -0.4 is 10.1 Å². The van der Waals surface area contributed by atoms with Crippen molar-refractivity contribution in [3.63, 3.8) is 0 Å². The average molecular weight is 618 g/mol. The van der Waals surface area contributed by atoms with E-state index in [1.165, 1.54) is 25.3 Å². The molecule has 1 aliphatic heterocycles. The van der Waals surface area contributed by atoms with Crippen LogP contribution >= 0.6 is 31.9 Å². The molecule has 0 atom stereocenters. The van der Waals surface area contributed by atoms with Crippen molar-refractivity contribution < 1.29 is 33.1 Å². The Morgan fingerprint density at radius 1 is 1.06 bits per heavy atom. The fourth-order valence-corrected chi connectivity index (χ4v) is 4.68. The van der Waals surface area contributed by atoms with Crippen molar-refractivity contribution in [1.29, 1.82) is 0 Å². The van der Waals surface area contributed by atoms with Crippen LogP contribution in [0.3, 0.4) is 0 Å². The molecular formula is C25H18Br2N2O7. The first-order valence-electron chi connectivity index (χ1n) is 10.5. The van der Waals surface area contributed by atoms with Crippen molar-refractivity contribution in [2.75, 3.05) is 7.11 Å². The highest BCUT2D eigenvalue weighted by molar-refractivity contribution is 9.11. The molecule has 2 aromatic carbocycles. The second kappa shape index (κ2) is 10.5. The number of nitrogens with one attached hydrogen (secondary N) is 1. The molecule has 36 heavy (non-hydrogen) atoms. The second-order valence-corrected chi connectivity index (χ2v) is 9.47. The first-order chi connectivity index (χ1) is 17.2. The number of furan rings is 1. The number of esters is 2. The average Bonchev–Trinajstić information content (AvgIpc) is 3.41. The van der Waals surface area contributed by atoms with Crippen LogP contribution in [0.2, 0.25) is 0 Å². The number of amides is 3. The Balaban J connectivity index is 1.59. The van der Waals surface area contributed by atoms with Gasteiger partial charge in [0.1, 0.15) is 11.5 Å². The molecule has 11 heteroatoms. The quantitative estimate of drug-likeness (QED) is 0.175. The summed E-state index contributed by atoms with van der Waals surface area (Å²) in [7, 11) is 1.21. The van der Waals surface area contributed by atoms with Gasteiger partial charge in [-0.15, -0.1) is 0 Å². The minimum absolute atomic E-state index is 0.0302. The van der Waals surface area contributed by atoms with Crippen LogP contribution in [0.4, 0.5) is 4.79 Å². The molecule has 3 amide bonds. The zero-order valence-corrected chi connectivity index (χ0v) is 22.1. The Labute approximate surface area is 222 Å². The molecule has 0 radical (unpaired) electrons. The van der Waals surface area contributed by atoms with E-state index in [0.717, 1.165) is 10.5 Å². The Kier molecular flexibility index (Phi) is 7.41. The minimum atomic E-state index is -0.674. The largest absolute Gasteiger partial charge is 0.463 e. The monoisotopic (exact) mass is 616 g/mol. The van der Waals surface area contributed by atoms with Gasteiger partial charge in [0, 0.05) is 10.0 Å². The number of nitrogens with zero attached hydrogens (tertiary/aromatic N) is 1. The molecule has 0 unspecified atom stereocenters. The van der Waals surface area contributed by atoms with E-state index in [4.69, 9.17) is 9.15 Å². The number of carbonyl (C=O) groups is 4. The van der Waals surface area contributed by atoms with Gasteiger partial charge in [-0.1, -0.05) is 33.6 Å². The van der Waals surface area contributed by atoms with Gasteiger partial charge in [0.15, 0.2) is 5.75 Å². The Morgan fingerprint density at radius 3 is 2.47 bits per heavy atom. The number of ether oxygens (including phenoxy) is 2. The predicted octanol–water partition coefficient (Wildman–Crippen LogP) is 5.21. The number of imide groups is 1. The van der Waals surface area contributed by atoms with Crippen molar-refractivity contribution in [1.82, 2.24) is 10.2 Å². The number of hydrogen-bond donors (Lipinski definition) is 1. The summed E-state index contributed by atoms with van der Waals surface area (Å²) in [6.45, 7) is 1.71. The number of aryl methyl sites for hydroxylation is 1. The van der Waals surface area contributed by atoms with Gasteiger partial charge in [-0.05, 0) is 65.3 Å². The summed E-state index contributed by atoms with van der Waals surface area (Å²) in [5.74, 6) is -1.53.